The number of hydrogen-bond acceptors (Lipinski definition) is 2. The lowest BCUT2D eigenvalue weighted by atomic mass is 9.79. The Morgan fingerprint density at radius 3 is 2.40 bits per heavy atom. The van der Waals surface area contributed by atoms with Gasteiger partial charge in [-0.25, -0.2) is 0 Å². The second-order valence-corrected chi connectivity index (χ2v) is 5.98. The topological polar surface area (TPSA) is 23.5 Å². The zero-order valence-corrected chi connectivity index (χ0v) is 11.1. The summed E-state index contributed by atoms with van der Waals surface area (Å²) < 4.78 is 40.4. The summed E-state index contributed by atoms with van der Waals surface area (Å²) in [5.41, 5.74) is -0.935. The van der Waals surface area contributed by atoms with Crippen LogP contribution in [0.5, 0.6) is 0 Å². The molecule has 5 heteroatoms. The molecule has 2 unspecified atom stereocenters. The maximum absolute atomic E-state index is 13.5. The first-order valence-corrected chi connectivity index (χ1v) is 6.94. The van der Waals surface area contributed by atoms with Crippen molar-refractivity contribution in [1.29, 1.82) is 0 Å². The van der Waals surface area contributed by atoms with E-state index in [2.05, 4.69) is 0 Å². The van der Waals surface area contributed by atoms with Crippen LogP contribution >= 0.6 is 0 Å². The molecule has 2 aliphatic rings. The predicted octanol–water partition coefficient (Wildman–Crippen LogP) is 2.82. The monoisotopic (exact) mass is 285 g/mol. The standard InChI is InChI=1S/C15H18F3NO/c16-15(17,18)14(12-6-7-12)10-19(9-13(14)20)8-11-4-2-1-3-5-11/h1-5,12-13,20H,6-10H2. The van der Waals surface area contributed by atoms with Gasteiger partial charge in [0.05, 0.1) is 6.10 Å². The van der Waals surface area contributed by atoms with Gasteiger partial charge in [0, 0.05) is 19.6 Å². The van der Waals surface area contributed by atoms with E-state index in [1.165, 1.54) is 0 Å². The summed E-state index contributed by atoms with van der Waals surface area (Å²) in [6.45, 7) is 0.477. The predicted molar refractivity (Wildman–Crippen MR) is 68.9 cm³/mol. The molecule has 1 saturated heterocycles. The number of aliphatic hydroxyl groups excluding tert-OH is 1. The highest BCUT2D eigenvalue weighted by molar-refractivity contribution is 5.16. The Balaban J connectivity index is 1.79. The molecule has 1 heterocycles. The van der Waals surface area contributed by atoms with E-state index in [1.54, 1.807) is 4.90 Å². The van der Waals surface area contributed by atoms with Gasteiger partial charge in [-0.2, -0.15) is 13.2 Å². The molecule has 3 rings (SSSR count). The van der Waals surface area contributed by atoms with Crippen molar-refractivity contribution in [1.82, 2.24) is 4.90 Å². The van der Waals surface area contributed by atoms with Crippen LogP contribution in [0.3, 0.4) is 0 Å². The molecule has 2 nitrogen and oxygen atoms in total. The normalized spacial score (nSPS) is 31.7. The third-order valence-corrected chi connectivity index (χ3v) is 4.59. The van der Waals surface area contributed by atoms with Crippen LogP contribution < -0.4 is 0 Å². The van der Waals surface area contributed by atoms with E-state index in [9.17, 15) is 18.3 Å². The van der Waals surface area contributed by atoms with Gasteiger partial charge in [0.1, 0.15) is 5.41 Å². The molecule has 1 aliphatic heterocycles. The van der Waals surface area contributed by atoms with Gasteiger partial charge >= 0.3 is 6.18 Å². The van der Waals surface area contributed by atoms with Crippen molar-refractivity contribution in [3.05, 3.63) is 35.9 Å². The number of rotatable bonds is 3. The summed E-state index contributed by atoms with van der Waals surface area (Å²) in [4.78, 5) is 1.73. The third kappa shape index (κ3) is 2.23. The number of likely N-dealkylation sites (tertiary alicyclic amines) is 1. The Bertz CT molecular complexity index is 472. The summed E-state index contributed by atoms with van der Waals surface area (Å²) in [6, 6.07) is 9.43. The molecular weight excluding hydrogens is 267 g/mol. The molecule has 1 aromatic carbocycles. The van der Waals surface area contributed by atoms with Crippen molar-refractivity contribution >= 4 is 0 Å². The molecule has 0 aromatic heterocycles. The number of β-amino-alcohol motifs (C(OH)–C–C–N with tert-alkyl or cyclic N) is 1. The Labute approximate surface area is 116 Å². The number of halogens is 3. The maximum Gasteiger partial charge on any atom is 0.398 e. The van der Waals surface area contributed by atoms with Crippen molar-refractivity contribution in [2.75, 3.05) is 13.1 Å². The molecule has 1 saturated carbocycles. The van der Waals surface area contributed by atoms with Crippen molar-refractivity contribution in [2.45, 2.75) is 31.7 Å². The average Bonchev–Trinajstić information content (AvgIpc) is 3.15. The minimum absolute atomic E-state index is 0.0861. The first-order chi connectivity index (χ1) is 9.43. The molecule has 2 atom stereocenters. The van der Waals surface area contributed by atoms with Gasteiger partial charge in [-0.1, -0.05) is 30.3 Å². The van der Waals surface area contributed by atoms with Gasteiger partial charge in [0.25, 0.3) is 0 Å². The average molecular weight is 285 g/mol. The Hall–Kier alpha value is -1.07. The smallest absolute Gasteiger partial charge is 0.391 e. The number of aliphatic hydroxyl groups is 1. The van der Waals surface area contributed by atoms with E-state index >= 15 is 0 Å². The van der Waals surface area contributed by atoms with Crippen molar-refractivity contribution in [3.63, 3.8) is 0 Å². The first-order valence-electron chi connectivity index (χ1n) is 6.94. The summed E-state index contributed by atoms with van der Waals surface area (Å²) in [5.74, 6) is -0.404. The molecule has 20 heavy (non-hydrogen) atoms. The molecule has 0 spiro atoms. The van der Waals surface area contributed by atoms with E-state index in [0.29, 0.717) is 19.4 Å². The molecule has 2 fully saturated rings. The van der Waals surface area contributed by atoms with Crippen LogP contribution in [0.25, 0.3) is 0 Å². The molecule has 1 N–H and O–H groups in total. The van der Waals surface area contributed by atoms with Crippen LogP contribution in [0.1, 0.15) is 18.4 Å². The SMILES string of the molecule is OC1CN(Cc2ccccc2)CC1(C1CC1)C(F)(F)F. The van der Waals surface area contributed by atoms with Gasteiger partial charge in [0.2, 0.25) is 0 Å². The number of hydrogen-bond donors (Lipinski definition) is 1. The van der Waals surface area contributed by atoms with Gasteiger partial charge in [-0.3, -0.25) is 4.90 Å². The van der Waals surface area contributed by atoms with Crippen LogP contribution in [0.2, 0.25) is 0 Å². The third-order valence-electron chi connectivity index (χ3n) is 4.59. The Morgan fingerprint density at radius 1 is 1.20 bits per heavy atom. The van der Waals surface area contributed by atoms with Crippen molar-refractivity contribution in [2.24, 2.45) is 11.3 Å². The second-order valence-electron chi connectivity index (χ2n) is 5.98. The molecule has 0 amide bonds. The van der Waals surface area contributed by atoms with Crippen molar-refractivity contribution < 1.29 is 18.3 Å². The quantitative estimate of drug-likeness (QED) is 0.923. The van der Waals surface area contributed by atoms with E-state index in [-0.39, 0.29) is 13.1 Å². The second kappa shape index (κ2) is 4.74. The summed E-state index contributed by atoms with van der Waals surface area (Å²) >= 11 is 0. The van der Waals surface area contributed by atoms with Crippen LogP contribution in [0.15, 0.2) is 30.3 Å². The fourth-order valence-corrected chi connectivity index (χ4v) is 3.42. The summed E-state index contributed by atoms with van der Waals surface area (Å²) in [6.07, 6.45) is -4.48. The molecule has 1 aromatic rings. The zero-order chi connectivity index (χ0) is 14.4. The maximum atomic E-state index is 13.5. The summed E-state index contributed by atoms with van der Waals surface area (Å²) in [7, 11) is 0. The summed E-state index contributed by atoms with van der Waals surface area (Å²) in [5, 5.41) is 10.1. The number of alkyl halides is 3. The van der Waals surface area contributed by atoms with E-state index in [4.69, 9.17) is 0 Å². The van der Waals surface area contributed by atoms with E-state index in [1.807, 2.05) is 30.3 Å². The highest BCUT2D eigenvalue weighted by Gasteiger charge is 2.68. The van der Waals surface area contributed by atoms with Crippen LogP contribution in [0.4, 0.5) is 13.2 Å². The van der Waals surface area contributed by atoms with E-state index < -0.39 is 23.6 Å². The molecule has 110 valence electrons. The van der Waals surface area contributed by atoms with Crippen LogP contribution in [-0.4, -0.2) is 35.4 Å². The first kappa shape index (κ1) is 13.9. The number of benzene rings is 1. The van der Waals surface area contributed by atoms with Crippen LogP contribution in [0, 0.1) is 11.3 Å². The number of nitrogens with zero attached hydrogens (tertiary/aromatic N) is 1. The Morgan fingerprint density at radius 2 is 1.85 bits per heavy atom. The van der Waals surface area contributed by atoms with Gasteiger partial charge < -0.3 is 5.11 Å². The lowest BCUT2D eigenvalue weighted by Crippen LogP contribution is -2.49. The molecule has 0 bridgehead atoms. The Kier molecular flexibility index (Phi) is 3.29. The lowest BCUT2D eigenvalue weighted by Gasteiger charge is -2.34. The fourth-order valence-electron chi connectivity index (χ4n) is 3.42. The van der Waals surface area contributed by atoms with E-state index in [0.717, 1.165) is 5.56 Å². The largest absolute Gasteiger partial charge is 0.398 e. The zero-order valence-electron chi connectivity index (χ0n) is 11.1. The van der Waals surface area contributed by atoms with Crippen molar-refractivity contribution in [3.8, 4) is 0 Å². The van der Waals surface area contributed by atoms with Gasteiger partial charge in [-0.05, 0) is 24.3 Å². The highest BCUT2D eigenvalue weighted by atomic mass is 19.4. The van der Waals surface area contributed by atoms with Crippen LogP contribution in [-0.2, 0) is 6.54 Å². The minimum atomic E-state index is -4.33. The molecule has 0 radical (unpaired) electrons. The minimum Gasteiger partial charge on any atom is -0.391 e. The highest BCUT2D eigenvalue weighted by Crippen LogP contribution is 2.59. The fraction of sp³-hybridized carbons (Fsp3) is 0.600. The lowest BCUT2D eigenvalue weighted by molar-refractivity contribution is -0.250. The molecular formula is C15H18F3NO. The van der Waals surface area contributed by atoms with Gasteiger partial charge in [0.15, 0.2) is 0 Å². The molecule has 1 aliphatic carbocycles. The van der Waals surface area contributed by atoms with Gasteiger partial charge in [-0.15, -0.1) is 0 Å².